The van der Waals surface area contributed by atoms with E-state index in [9.17, 15) is 22.9 Å². The molecule has 2 rings (SSSR count). The van der Waals surface area contributed by atoms with E-state index < -0.39 is 31.4 Å². The zero-order valence-corrected chi connectivity index (χ0v) is 13.1. The van der Waals surface area contributed by atoms with Crippen LogP contribution in [0, 0.1) is 15.9 Å². The summed E-state index contributed by atoms with van der Waals surface area (Å²) in [5, 5.41) is 10.8. The van der Waals surface area contributed by atoms with E-state index in [1.807, 2.05) is 0 Å². The molecular weight excluding hydrogens is 353 g/mol. The lowest BCUT2D eigenvalue weighted by atomic mass is 10.3. The molecule has 0 radical (unpaired) electrons. The van der Waals surface area contributed by atoms with E-state index in [1.165, 1.54) is 13.2 Å². The van der Waals surface area contributed by atoms with Gasteiger partial charge in [0, 0.05) is 0 Å². The Balaban J connectivity index is 2.49. The van der Waals surface area contributed by atoms with Crippen molar-refractivity contribution in [1.82, 2.24) is 0 Å². The van der Waals surface area contributed by atoms with Gasteiger partial charge in [-0.2, -0.15) is 8.42 Å². The van der Waals surface area contributed by atoms with Gasteiger partial charge < -0.3 is 8.92 Å². The number of benzene rings is 2. The number of ether oxygens (including phenoxy) is 1. The van der Waals surface area contributed by atoms with Crippen molar-refractivity contribution in [2.45, 2.75) is 4.90 Å². The number of hydrogen-bond acceptors (Lipinski definition) is 6. The second kappa shape index (κ2) is 6.39. The Kier molecular flexibility index (Phi) is 4.71. The lowest BCUT2D eigenvalue weighted by Gasteiger charge is -2.09. The third-order valence-electron chi connectivity index (χ3n) is 2.73. The number of hydrogen-bond donors (Lipinski definition) is 0. The first-order chi connectivity index (χ1) is 10.7. The molecule has 23 heavy (non-hydrogen) atoms. The summed E-state index contributed by atoms with van der Waals surface area (Å²) in [7, 11) is -3.27. The molecule has 7 nitrogen and oxygen atoms in total. The van der Waals surface area contributed by atoms with Crippen LogP contribution >= 0.6 is 11.6 Å². The quantitative estimate of drug-likeness (QED) is 0.461. The highest BCUT2D eigenvalue weighted by molar-refractivity contribution is 7.87. The fraction of sp³-hybridized carbons (Fsp3) is 0.0769. The van der Waals surface area contributed by atoms with Gasteiger partial charge >= 0.3 is 10.1 Å². The average molecular weight is 362 g/mol. The molecule has 122 valence electrons. The molecule has 0 N–H and O–H groups in total. The predicted molar refractivity (Wildman–Crippen MR) is 78.9 cm³/mol. The topological polar surface area (TPSA) is 95.7 Å². The Hall–Kier alpha value is -2.39. The molecule has 0 spiro atoms. The minimum Gasteiger partial charge on any atom is -0.497 e. The monoisotopic (exact) mass is 361 g/mol. The first-order valence-electron chi connectivity index (χ1n) is 5.96. The van der Waals surface area contributed by atoms with Crippen LogP contribution in [-0.4, -0.2) is 20.5 Å². The zero-order chi connectivity index (χ0) is 17.2. The summed E-state index contributed by atoms with van der Waals surface area (Å²) in [6, 6.07) is 5.96. The lowest BCUT2D eigenvalue weighted by molar-refractivity contribution is -0.388. The fourth-order valence-electron chi connectivity index (χ4n) is 1.68. The third kappa shape index (κ3) is 3.69. The highest BCUT2D eigenvalue weighted by Crippen LogP contribution is 2.32. The smallest absolute Gasteiger partial charge is 0.346 e. The van der Waals surface area contributed by atoms with Crippen LogP contribution in [-0.2, 0) is 10.1 Å². The molecule has 2 aromatic carbocycles. The summed E-state index contributed by atoms with van der Waals surface area (Å²) in [5.41, 5.74) is -0.720. The van der Waals surface area contributed by atoms with Crippen molar-refractivity contribution in [3.63, 3.8) is 0 Å². The summed E-state index contributed by atoms with van der Waals surface area (Å²) in [4.78, 5) is 9.49. The zero-order valence-electron chi connectivity index (χ0n) is 11.5. The van der Waals surface area contributed by atoms with Crippen LogP contribution in [0.5, 0.6) is 11.5 Å². The maximum Gasteiger partial charge on any atom is 0.346 e. The van der Waals surface area contributed by atoms with Crippen LogP contribution in [0.4, 0.5) is 10.1 Å². The van der Waals surface area contributed by atoms with Gasteiger partial charge in [0.25, 0.3) is 5.69 Å². The van der Waals surface area contributed by atoms with E-state index in [-0.39, 0.29) is 16.5 Å². The van der Waals surface area contributed by atoms with Crippen LogP contribution in [0.25, 0.3) is 0 Å². The van der Waals surface area contributed by atoms with Gasteiger partial charge in [-0.1, -0.05) is 11.6 Å². The Bertz CT molecular complexity index is 871. The van der Waals surface area contributed by atoms with Crippen LogP contribution in [0.15, 0.2) is 41.3 Å². The molecule has 0 aliphatic rings. The van der Waals surface area contributed by atoms with Gasteiger partial charge in [-0.3, -0.25) is 10.1 Å². The fourth-order valence-corrected chi connectivity index (χ4v) is 3.03. The van der Waals surface area contributed by atoms with Crippen molar-refractivity contribution in [3.8, 4) is 11.5 Å². The van der Waals surface area contributed by atoms with E-state index in [1.54, 1.807) is 0 Å². The summed E-state index contributed by atoms with van der Waals surface area (Å²) in [5.74, 6) is -0.927. The Morgan fingerprint density at radius 2 is 1.91 bits per heavy atom. The van der Waals surface area contributed by atoms with Crippen molar-refractivity contribution >= 4 is 27.4 Å². The molecule has 0 saturated carbocycles. The van der Waals surface area contributed by atoms with Gasteiger partial charge in [-0.15, -0.1) is 0 Å². The van der Waals surface area contributed by atoms with Gasteiger partial charge in [0.05, 0.1) is 23.1 Å². The van der Waals surface area contributed by atoms with Gasteiger partial charge in [-0.05, 0) is 30.3 Å². The van der Waals surface area contributed by atoms with E-state index in [2.05, 4.69) is 0 Å². The Morgan fingerprint density at radius 3 is 2.48 bits per heavy atom. The van der Waals surface area contributed by atoms with Gasteiger partial charge in [0.15, 0.2) is 10.6 Å². The summed E-state index contributed by atoms with van der Waals surface area (Å²) < 4.78 is 47.0. The molecule has 10 heteroatoms. The standard InChI is InChI=1S/C13H9ClFNO6S/c1-21-9-3-5-13(11(7-9)16(17)18)23(19,20)22-12-4-2-8(15)6-10(12)14/h2-7H,1H3. The summed E-state index contributed by atoms with van der Waals surface area (Å²) >= 11 is 5.69. The molecule has 0 aliphatic carbocycles. The molecule has 0 saturated heterocycles. The molecule has 0 aliphatic heterocycles. The van der Waals surface area contributed by atoms with Crippen molar-refractivity contribution in [1.29, 1.82) is 0 Å². The van der Waals surface area contributed by atoms with Crippen molar-refractivity contribution in [3.05, 3.63) is 57.4 Å². The van der Waals surface area contributed by atoms with E-state index in [0.29, 0.717) is 0 Å². The highest BCUT2D eigenvalue weighted by atomic mass is 35.5. The van der Waals surface area contributed by atoms with Crippen molar-refractivity contribution in [2.75, 3.05) is 7.11 Å². The second-order valence-corrected chi connectivity index (χ2v) is 6.12. The van der Waals surface area contributed by atoms with Crippen LogP contribution < -0.4 is 8.92 Å². The SMILES string of the molecule is COc1ccc(S(=O)(=O)Oc2ccc(F)cc2Cl)c([N+](=O)[O-])c1. The Morgan fingerprint density at radius 1 is 1.22 bits per heavy atom. The molecule has 0 amide bonds. The normalized spacial score (nSPS) is 11.1. The number of methoxy groups -OCH3 is 1. The van der Waals surface area contributed by atoms with Crippen LogP contribution in [0.1, 0.15) is 0 Å². The summed E-state index contributed by atoms with van der Waals surface area (Å²) in [6.07, 6.45) is 0. The highest BCUT2D eigenvalue weighted by Gasteiger charge is 2.29. The van der Waals surface area contributed by atoms with Gasteiger partial charge in [-0.25, -0.2) is 4.39 Å². The molecule has 0 bridgehead atoms. The minimum absolute atomic E-state index is 0.107. The number of nitro groups is 1. The molecule has 2 aromatic rings. The van der Waals surface area contributed by atoms with E-state index in [4.69, 9.17) is 20.5 Å². The van der Waals surface area contributed by atoms with Crippen molar-refractivity contribution < 1.29 is 26.7 Å². The minimum atomic E-state index is -4.55. The lowest BCUT2D eigenvalue weighted by Crippen LogP contribution is -2.12. The number of nitrogens with zero attached hydrogens (tertiary/aromatic N) is 1. The maximum absolute atomic E-state index is 13.0. The largest absolute Gasteiger partial charge is 0.497 e. The number of halogens is 2. The Labute approximate surface area is 135 Å². The van der Waals surface area contributed by atoms with Gasteiger partial charge in [0.1, 0.15) is 11.6 Å². The molecule has 0 atom stereocenters. The first-order valence-corrected chi connectivity index (χ1v) is 7.75. The summed E-state index contributed by atoms with van der Waals surface area (Å²) in [6.45, 7) is 0. The second-order valence-electron chi connectivity index (χ2n) is 4.20. The number of rotatable bonds is 5. The molecule has 0 aromatic heterocycles. The molecule has 0 fully saturated rings. The van der Waals surface area contributed by atoms with Crippen molar-refractivity contribution in [2.24, 2.45) is 0 Å². The third-order valence-corrected chi connectivity index (χ3v) is 4.30. The molecular formula is C13H9ClFNO6S. The first kappa shape index (κ1) is 17.0. The molecule has 0 unspecified atom stereocenters. The van der Waals surface area contributed by atoms with Crippen LogP contribution in [0.2, 0.25) is 5.02 Å². The number of nitro benzene ring substituents is 1. The van der Waals surface area contributed by atoms with Gasteiger partial charge in [0.2, 0.25) is 0 Å². The van der Waals surface area contributed by atoms with E-state index in [0.717, 1.165) is 30.3 Å². The van der Waals surface area contributed by atoms with E-state index >= 15 is 0 Å². The maximum atomic E-state index is 13.0. The predicted octanol–water partition coefficient (Wildman–Crippen LogP) is 3.16. The average Bonchev–Trinajstić information content (AvgIpc) is 2.49. The molecule has 0 heterocycles. The van der Waals surface area contributed by atoms with Crippen LogP contribution in [0.3, 0.4) is 0 Å².